The van der Waals surface area contributed by atoms with Crippen molar-refractivity contribution in [2.75, 3.05) is 36.5 Å². The Morgan fingerprint density at radius 3 is 2.47 bits per heavy atom. The van der Waals surface area contributed by atoms with Crippen LogP contribution in [-0.2, 0) is 11.2 Å². The fraction of sp³-hybridized carbons (Fsp3) is 0.462. The molecule has 36 heavy (non-hydrogen) atoms. The summed E-state index contributed by atoms with van der Waals surface area (Å²) in [5.74, 6) is -0.211. The van der Waals surface area contributed by atoms with E-state index in [-0.39, 0.29) is 35.3 Å². The maximum atomic E-state index is 15.3. The lowest BCUT2D eigenvalue weighted by atomic mass is 9.84. The zero-order valence-electron chi connectivity index (χ0n) is 20.0. The number of benzene rings is 1. The van der Waals surface area contributed by atoms with Gasteiger partial charge in [0.25, 0.3) is 5.88 Å². The first-order valence-corrected chi connectivity index (χ1v) is 12.5. The number of nitrogens with zero attached hydrogens (tertiary/aromatic N) is 5. The van der Waals surface area contributed by atoms with Crippen molar-refractivity contribution in [1.82, 2.24) is 19.9 Å². The third-order valence-electron chi connectivity index (χ3n) is 7.19. The lowest BCUT2D eigenvalue weighted by Gasteiger charge is -2.46. The summed E-state index contributed by atoms with van der Waals surface area (Å²) in [6, 6.07) is 4.80. The second-order valence-corrected chi connectivity index (χ2v) is 9.77. The summed E-state index contributed by atoms with van der Waals surface area (Å²) in [6.07, 6.45) is 7.93. The minimum absolute atomic E-state index is 0.00554. The van der Waals surface area contributed by atoms with E-state index in [1.165, 1.54) is 30.8 Å². The standard InChI is InChI=1S/C26H28F2N6O2/c1-2-15-3-6-21(20(27)7-15)33-24-22(28)25(32-14-31-24)36-23-18-10-34(11-19(23)13-35-12-18)26-29-8-17(9-30-26)16-4-5-16/h3,6-9,14,16,18-19,23H,2,4-5,10-13H2,1H3,(H,31,32,33). The van der Waals surface area contributed by atoms with E-state index in [0.717, 1.165) is 5.56 Å². The van der Waals surface area contributed by atoms with Crippen LogP contribution in [0.15, 0.2) is 36.9 Å². The highest BCUT2D eigenvalue weighted by Crippen LogP contribution is 2.40. The summed E-state index contributed by atoms with van der Waals surface area (Å²) in [5.41, 5.74) is 2.20. The van der Waals surface area contributed by atoms with Gasteiger partial charge in [0.15, 0.2) is 5.82 Å². The highest BCUT2D eigenvalue weighted by molar-refractivity contribution is 5.58. The Morgan fingerprint density at radius 1 is 1.06 bits per heavy atom. The molecule has 4 heterocycles. The van der Waals surface area contributed by atoms with Gasteiger partial charge in [0, 0.05) is 37.3 Å². The molecule has 2 unspecified atom stereocenters. The largest absolute Gasteiger partial charge is 0.471 e. The van der Waals surface area contributed by atoms with Crippen molar-refractivity contribution in [3.63, 3.8) is 0 Å². The van der Waals surface area contributed by atoms with Gasteiger partial charge in [-0.05, 0) is 48.4 Å². The number of piperidine rings is 1. The SMILES string of the molecule is CCc1ccc(Nc2ncnc(OC3C4COCC3CN(c3ncc(C5CC5)cn3)C4)c2F)c(F)c1. The molecule has 2 bridgehead atoms. The first kappa shape index (κ1) is 23.0. The minimum atomic E-state index is -0.753. The summed E-state index contributed by atoms with van der Waals surface area (Å²) in [5, 5.41) is 2.73. The normalized spacial score (nSPS) is 23.4. The minimum Gasteiger partial charge on any atom is -0.471 e. The summed E-state index contributed by atoms with van der Waals surface area (Å²) in [4.78, 5) is 19.4. The molecule has 2 saturated heterocycles. The lowest BCUT2D eigenvalue weighted by Crippen LogP contribution is -2.58. The molecule has 10 heteroatoms. The smallest absolute Gasteiger partial charge is 0.256 e. The van der Waals surface area contributed by atoms with E-state index in [1.54, 1.807) is 12.1 Å². The van der Waals surface area contributed by atoms with Crippen LogP contribution in [0.2, 0.25) is 0 Å². The molecule has 3 fully saturated rings. The molecular formula is C26H28F2N6O2. The second-order valence-electron chi connectivity index (χ2n) is 9.77. The van der Waals surface area contributed by atoms with Crippen molar-refractivity contribution in [2.24, 2.45) is 11.8 Å². The molecule has 8 nitrogen and oxygen atoms in total. The van der Waals surface area contributed by atoms with Crippen LogP contribution in [0, 0.1) is 23.5 Å². The molecule has 3 aromatic rings. The van der Waals surface area contributed by atoms with Gasteiger partial charge in [-0.2, -0.15) is 9.37 Å². The Balaban J connectivity index is 1.17. The van der Waals surface area contributed by atoms with Gasteiger partial charge in [-0.1, -0.05) is 13.0 Å². The summed E-state index contributed by atoms with van der Waals surface area (Å²) < 4.78 is 41.7. The molecule has 2 aromatic heterocycles. The van der Waals surface area contributed by atoms with Gasteiger partial charge in [0.2, 0.25) is 11.8 Å². The van der Waals surface area contributed by atoms with Gasteiger partial charge in [-0.15, -0.1) is 0 Å². The van der Waals surface area contributed by atoms with Crippen molar-refractivity contribution in [3.05, 3.63) is 59.7 Å². The second kappa shape index (κ2) is 9.57. The molecule has 3 aliphatic rings. The van der Waals surface area contributed by atoms with E-state index in [4.69, 9.17) is 9.47 Å². The molecule has 1 aliphatic carbocycles. The molecule has 2 aliphatic heterocycles. The van der Waals surface area contributed by atoms with Crippen LogP contribution in [0.1, 0.15) is 36.8 Å². The number of hydrogen-bond donors (Lipinski definition) is 1. The number of aryl methyl sites for hydroxylation is 1. The van der Waals surface area contributed by atoms with E-state index in [1.807, 2.05) is 19.3 Å². The monoisotopic (exact) mass is 494 g/mol. The average Bonchev–Trinajstić information content (AvgIpc) is 3.73. The highest BCUT2D eigenvalue weighted by atomic mass is 19.1. The number of anilines is 3. The van der Waals surface area contributed by atoms with Crippen LogP contribution in [0.25, 0.3) is 0 Å². The maximum absolute atomic E-state index is 15.3. The fourth-order valence-electron chi connectivity index (χ4n) is 5.04. The number of hydrogen-bond acceptors (Lipinski definition) is 8. The van der Waals surface area contributed by atoms with E-state index in [0.29, 0.717) is 44.6 Å². The zero-order valence-corrected chi connectivity index (χ0v) is 20.0. The molecule has 1 aromatic carbocycles. The van der Waals surface area contributed by atoms with Gasteiger partial charge in [0.1, 0.15) is 18.2 Å². The molecule has 1 N–H and O–H groups in total. The molecule has 188 valence electrons. The molecule has 0 radical (unpaired) electrons. The van der Waals surface area contributed by atoms with Crippen molar-refractivity contribution in [1.29, 1.82) is 0 Å². The summed E-state index contributed by atoms with van der Waals surface area (Å²) in [7, 11) is 0. The summed E-state index contributed by atoms with van der Waals surface area (Å²) in [6.45, 7) is 4.20. The number of ether oxygens (including phenoxy) is 2. The van der Waals surface area contributed by atoms with E-state index < -0.39 is 11.6 Å². The van der Waals surface area contributed by atoms with Crippen molar-refractivity contribution >= 4 is 17.5 Å². The molecule has 2 atom stereocenters. The van der Waals surface area contributed by atoms with Crippen molar-refractivity contribution < 1.29 is 18.3 Å². The molecule has 0 spiro atoms. The van der Waals surface area contributed by atoms with Crippen LogP contribution in [0.4, 0.5) is 26.2 Å². The summed E-state index contributed by atoms with van der Waals surface area (Å²) >= 11 is 0. The topological polar surface area (TPSA) is 85.3 Å². The van der Waals surface area contributed by atoms with Gasteiger partial charge in [0.05, 0.1) is 18.9 Å². The van der Waals surface area contributed by atoms with E-state index in [9.17, 15) is 4.39 Å². The molecular weight excluding hydrogens is 466 g/mol. The molecule has 0 amide bonds. The average molecular weight is 495 g/mol. The Labute approximate surface area is 208 Å². The third-order valence-corrected chi connectivity index (χ3v) is 7.19. The number of nitrogens with one attached hydrogen (secondary N) is 1. The third kappa shape index (κ3) is 4.57. The van der Waals surface area contributed by atoms with Gasteiger partial charge >= 0.3 is 0 Å². The zero-order chi connectivity index (χ0) is 24.6. The predicted molar refractivity (Wildman–Crippen MR) is 129 cm³/mol. The Kier molecular flexibility index (Phi) is 6.12. The van der Waals surface area contributed by atoms with E-state index >= 15 is 4.39 Å². The fourth-order valence-corrected chi connectivity index (χ4v) is 5.04. The number of rotatable bonds is 7. The Hall–Kier alpha value is -3.40. The molecule has 6 rings (SSSR count). The van der Waals surface area contributed by atoms with Crippen LogP contribution < -0.4 is 15.0 Å². The van der Waals surface area contributed by atoms with Crippen molar-refractivity contribution in [2.45, 2.75) is 38.2 Å². The number of fused-ring (bicyclic) bond motifs is 2. The molecule has 1 saturated carbocycles. The van der Waals surface area contributed by atoms with Gasteiger partial charge in [-0.25, -0.2) is 19.3 Å². The van der Waals surface area contributed by atoms with Crippen LogP contribution in [0.3, 0.4) is 0 Å². The van der Waals surface area contributed by atoms with Crippen LogP contribution >= 0.6 is 0 Å². The number of aromatic nitrogens is 4. The van der Waals surface area contributed by atoms with Gasteiger partial charge in [-0.3, -0.25) is 0 Å². The number of halogens is 2. The predicted octanol–water partition coefficient (Wildman–Crippen LogP) is 4.26. The van der Waals surface area contributed by atoms with Gasteiger partial charge < -0.3 is 19.7 Å². The first-order valence-electron chi connectivity index (χ1n) is 12.5. The quantitative estimate of drug-likeness (QED) is 0.522. The van der Waals surface area contributed by atoms with Crippen molar-refractivity contribution in [3.8, 4) is 5.88 Å². The first-order chi connectivity index (χ1) is 17.6. The highest BCUT2D eigenvalue weighted by Gasteiger charge is 2.43. The van der Waals surface area contributed by atoms with Crippen LogP contribution in [0.5, 0.6) is 5.88 Å². The maximum Gasteiger partial charge on any atom is 0.256 e. The van der Waals surface area contributed by atoms with E-state index in [2.05, 4.69) is 30.2 Å². The Bertz CT molecular complexity index is 1230. The lowest BCUT2D eigenvalue weighted by molar-refractivity contribution is -0.0780. The Morgan fingerprint density at radius 2 is 1.81 bits per heavy atom. The van der Waals surface area contributed by atoms with Crippen LogP contribution in [-0.4, -0.2) is 52.3 Å².